The van der Waals surface area contributed by atoms with Gasteiger partial charge in [0, 0.05) is 34.9 Å². The molecule has 0 unspecified atom stereocenters. The summed E-state index contributed by atoms with van der Waals surface area (Å²) in [7, 11) is 3.30. The molecule has 1 aliphatic rings. The Bertz CT molecular complexity index is 1370. The summed E-state index contributed by atoms with van der Waals surface area (Å²) in [5, 5.41) is 4.83. The molecule has 178 valence electrons. The van der Waals surface area contributed by atoms with Crippen LogP contribution in [0, 0.1) is 6.92 Å². The van der Waals surface area contributed by atoms with Gasteiger partial charge in [0.25, 0.3) is 0 Å². The van der Waals surface area contributed by atoms with Crippen molar-refractivity contribution in [2.24, 2.45) is 0 Å². The standard InChI is InChI=1S/C27H25ClN4O2S/c1-17-15-18(9-11-20(17)28)31-14-6-8-22(31)26-25(21-7-4-5-13-29-21)30-27(35)32(26)23-16-19(33-2)10-12-24(23)34-3/h4-16,25-26H,1-3H3,(H,30,35)/t25-,26-/m0/s1. The van der Waals surface area contributed by atoms with Gasteiger partial charge in [-0.15, -0.1) is 0 Å². The fraction of sp³-hybridized carbons (Fsp3) is 0.185. The van der Waals surface area contributed by atoms with E-state index in [-0.39, 0.29) is 12.1 Å². The molecule has 3 heterocycles. The molecule has 0 radical (unpaired) electrons. The molecule has 35 heavy (non-hydrogen) atoms. The lowest BCUT2D eigenvalue weighted by molar-refractivity contribution is 0.402. The minimum atomic E-state index is -0.218. The molecule has 0 amide bonds. The molecule has 0 aliphatic carbocycles. The fourth-order valence-corrected chi connectivity index (χ4v) is 5.01. The first-order valence-electron chi connectivity index (χ1n) is 11.2. The molecule has 0 saturated carbocycles. The smallest absolute Gasteiger partial charge is 0.174 e. The number of nitrogens with one attached hydrogen (secondary N) is 1. The molecule has 2 aromatic carbocycles. The van der Waals surface area contributed by atoms with Crippen LogP contribution in [0.4, 0.5) is 5.69 Å². The van der Waals surface area contributed by atoms with Gasteiger partial charge < -0.3 is 24.3 Å². The van der Waals surface area contributed by atoms with Gasteiger partial charge in [0.15, 0.2) is 5.11 Å². The molecule has 0 spiro atoms. The highest BCUT2D eigenvalue weighted by molar-refractivity contribution is 7.80. The Balaban J connectivity index is 1.71. The highest BCUT2D eigenvalue weighted by Gasteiger charge is 2.43. The van der Waals surface area contributed by atoms with E-state index in [1.807, 2.05) is 61.5 Å². The van der Waals surface area contributed by atoms with Gasteiger partial charge in [0.1, 0.15) is 17.5 Å². The van der Waals surface area contributed by atoms with Crippen LogP contribution in [0.5, 0.6) is 11.5 Å². The lowest BCUT2D eigenvalue weighted by Crippen LogP contribution is -2.30. The number of ether oxygens (including phenoxy) is 2. The lowest BCUT2D eigenvalue weighted by Gasteiger charge is -2.30. The number of pyridine rings is 1. The third kappa shape index (κ3) is 4.22. The maximum atomic E-state index is 6.32. The number of hydrogen-bond acceptors (Lipinski definition) is 4. The number of hydrogen-bond donors (Lipinski definition) is 1. The van der Waals surface area contributed by atoms with Gasteiger partial charge >= 0.3 is 0 Å². The maximum absolute atomic E-state index is 6.32. The fourth-order valence-electron chi connectivity index (χ4n) is 4.55. The number of anilines is 1. The van der Waals surface area contributed by atoms with Crippen molar-refractivity contribution in [3.63, 3.8) is 0 Å². The number of benzene rings is 2. The van der Waals surface area contributed by atoms with Gasteiger partial charge in [0.05, 0.1) is 31.6 Å². The Morgan fingerprint density at radius 3 is 2.57 bits per heavy atom. The van der Waals surface area contributed by atoms with Gasteiger partial charge in [-0.1, -0.05) is 17.7 Å². The van der Waals surface area contributed by atoms with Crippen LogP contribution in [-0.4, -0.2) is 28.9 Å². The van der Waals surface area contributed by atoms with Crippen LogP contribution in [0.25, 0.3) is 5.69 Å². The van der Waals surface area contributed by atoms with E-state index in [1.54, 1.807) is 20.4 Å². The summed E-state index contributed by atoms with van der Waals surface area (Å²) >= 11 is 12.2. The van der Waals surface area contributed by atoms with Gasteiger partial charge in [-0.3, -0.25) is 4.98 Å². The first kappa shape index (κ1) is 23.2. The number of aromatic nitrogens is 2. The summed E-state index contributed by atoms with van der Waals surface area (Å²) < 4.78 is 13.4. The third-order valence-electron chi connectivity index (χ3n) is 6.25. The lowest BCUT2D eigenvalue weighted by atomic mass is 10.0. The average molecular weight is 505 g/mol. The van der Waals surface area contributed by atoms with Crippen LogP contribution in [0.15, 0.2) is 79.1 Å². The molecule has 1 fully saturated rings. The normalized spacial score (nSPS) is 17.4. The Morgan fingerprint density at radius 2 is 1.86 bits per heavy atom. The van der Waals surface area contributed by atoms with Crippen molar-refractivity contribution in [1.29, 1.82) is 0 Å². The zero-order chi connectivity index (χ0) is 24.5. The van der Waals surface area contributed by atoms with Crippen molar-refractivity contribution in [2.45, 2.75) is 19.0 Å². The molecule has 2 atom stereocenters. The zero-order valence-corrected chi connectivity index (χ0v) is 21.2. The van der Waals surface area contributed by atoms with E-state index in [2.05, 4.69) is 38.1 Å². The van der Waals surface area contributed by atoms with Crippen LogP contribution in [0.1, 0.15) is 29.0 Å². The number of thiocarbonyl (C=S) groups is 1. The largest absolute Gasteiger partial charge is 0.497 e. The quantitative estimate of drug-likeness (QED) is 0.324. The van der Waals surface area contributed by atoms with Crippen LogP contribution < -0.4 is 19.7 Å². The molecule has 8 heteroatoms. The van der Waals surface area contributed by atoms with Crippen molar-refractivity contribution in [3.8, 4) is 17.2 Å². The number of rotatable bonds is 6. The van der Waals surface area contributed by atoms with Crippen molar-refractivity contribution in [3.05, 3.63) is 101 Å². The van der Waals surface area contributed by atoms with Gasteiger partial charge in [0.2, 0.25) is 0 Å². The third-order valence-corrected chi connectivity index (χ3v) is 6.99. The Morgan fingerprint density at radius 1 is 1.00 bits per heavy atom. The molecule has 2 aromatic heterocycles. The molecule has 0 bridgehead atoms. The van der Waals surface area contributed by atoms with E-state index in [4.69, 9.17) is 33.3 Å². The van der Waals surface area contributed by atoms with E-state index in [0.717, 1.165) is 33.3 Å². The second-order valence-corrected chi connectivity index (χ2v) is 9.06. The minimum absolute atomic E-state index is 0.193. The molecule has 6 nitrogen and oxygen atoms in total. The topological polar surface area (TPSA) is 51.6 Å². The molecule has 4 aromatic rings. The van der Waals surface area contributed by atoms with E-state index in [1.165, 1.54) is 0 Å². The number of halogens is 1. The predicted octanol–water partition coefficient (Wildman–Crippen LogP) is 6.03. The molecule has 5 rings (SSSR count). The van der Waals surface area contributed by atoms with Gasteiger partial charge in [-0.25, -0.2) is 0 Å². The molecular formula is C27H25ClN4O2S. The monoisotopic (exact) mass is 504 g/mol. The van der Waals surface area contributed by atoms with Gasteiger partial charge in [-0.2, -0.15) is 0 Å². The highest BCUT2D eigenvalue weighted by atomic mass is 35.5. The second-order valence-electron chi connectivity index (χ2n) is 8.27. The Hall–Kier alpha value is -3.55. The summed E-state index contributed by atoms with van der Waals surface area (Å²) in [5.41, 5.74) is 4.77. The Kier molecular flexibility index (Phi) is 6.36. The highest BCUT2D eigenvalue weighted by Crippen LogP contribution is 2.46. The predicted molar refractivity (Wildman–Crippen MR) is 143 cm³/mol. The Labute approximate surface area is 215 Å². The average Bonchev–Trinajstić information content (AvgIpc) is 3.50. The van der Waals surface area contributed by atoms with Crippen molar-refractivity contribution in [1.82, 2.24) is 14.9 Å². The summed E-state index contributed by atoms with van der Waals surface area (Å²) in [6.45, 7) is 2.01. The first-order valence-corrected chi connectivity index (χ1v) is 12.0. The number of nitrogens with zero attached hydrogens (tertiary/aromatic N) is 3. The summed E-state index contributed by atoms with van der Waals surface area (Å²) in [5.74, 6) is 1.41. The zero-order valence-electron chi connectivity index (χ0n) is 19.6. The maximum Gasteiger partial charge on any atom is 0.174 e. The van der Waals surface area contributed by atoms with Crippen molar-refractivity contribution >= 4 is 34.6 Å². The van der Waals surface area contributed by atoms with E-state index < -0.39 is 0 Å². The van der Waals surface area contributed by atoms with Crippen LogP contribution in [-0.2, 0) is 0 Å². The summed E-state index contributed by atoms with van der Waals surface area (Å²) in [6, 6.07) is 21.4. The van der Waals surface area contributed by atoms with Crippen LogP contribution in [0.3, 0.4) is 0 Å². The van der Waals surface area contributed by atoms with E-state index in [9.17, 15) is 0 Å². The number of aryl methyl sites for hydroxylation is 1. The van der Waals surface area contributed by atoms with E-state index >= 15 is 0 Å². The SMILES string of the molecule is COc1ccc(OC)c(N2C(=S)N[C@@H](c3ccccn3)[C@@H]2c2cccn2-c2ccc(Cl)c(C)c2)c1. The van der Waals surface area contributed by atoms with Crippen molar-refractivity contribution < 1.29 is 9.47 Å². The van der Waals surface area contributed by atoms with Crippen LogP contribution in [0.2, 0.25) is 5.02 Å². The first-order chi connectivity index (χ1) is 17.0. The van der Waals surface area contributed by atoms with Gasteiger partial charge in [-0.05, 0) is 79.3 Å². The van der Waals surface area contributed by atoms with Crippen LogP contribution >= 0.6 is 23.8 Å². The number of methoxy groups -OCH3 is 2. The molecule has 1 N–H and O–H groups in total. The van der Waals surface area contributed by atoms with E-state index in [0.29, 0.717) is 16.6 Å². The molecule has 1 saturated heterocycles. The molecular weight excluding hydrogens is 480 g/mol. The summed E-state index contributed by atoms with van der Waals surface area (Å²) in [6.07, 6.45) is 3.85. The second kappa shape index (κ2) is 9.60. The minimum Gasteiger partial charge on any atom is -0.497 e. The summed E-state index contributed by atoms with van der Waals surface area (Å²) in [4.78, 5) is 6.74. The van der Waals surface area contributed by atoms with Crippen molar-refractivity contribution in [2.75, 3.05) is 19.1 Å². The molecule has 1 aliphatic heterocycles.